The summed E-state index contributed by atoms with van der Waals surface area (Å²) in [6.45, 7) is 8.09. The van der Waals surface area contributed by atoms with Crippen LogP contribution in [0.4, 0.5) is 0 Å². The number of nitrogens with zero attached hydrogens (tertiary/aromatic N) is 2. The molecule has 0 spiro atoms. The van der Waals surface area contributed by atoms with Crippen molar-refractivity contribution in [3.63, 3.8) is 0 Å². The van der Waals surface area contributed by atoms with E-state index in [9.17, 15) is 0 Å². The Balaban J connectivity index is 0.00000106. The molecule has 5 nitrogen and oxygen atoms in total. The summed E-state index contributed by atoms with van der Waals surface area (Å²) in [5.41, 5.74) is 0. The molecule has 0 aromatic carbocycles. The molecule has 0 aliphatic carbocycles. The van der Waals surface area contributed by atoms with Gasteiger partial charge in [-0.15, -0.1) is 26.2 Å². The fourth-order valence-corrected chi connectivity index (χ4v) is 1.42. The van der Waals surface area contributed by atoms with Gasteiger partial charge >= 0.3 is 21.0 Å². The monoisotopic (exact) mass is 265 g/mol. The van der Waals surface area contributed by atoms with E-state index in [1.165, 1.54) is 0 Å². The molecule has 0 amide bonds. The van der Waals surface area contributed by atoms with E-state index in [-0.39, 0.29) is 0 Å². The zero-order chi connectivity index (χ0) is 11.9. The molecule has 1 saturated heterocycles. The molecule has 0 aromatic rings. The fraction of sp³-hybridized carbons (Fsp3) is 1.00. The quantitative estimate of drug-likeness (QED) is 0.673. The average molecular weight is 265 g/mol. The molecule has 0 radical (unpaired) electrons. The second-order valence-electron chi connectivity index (χ2n) is 3.55. The van der Waals surface area contributed by atoms with E-state index in [1.807, 2.05) is 0 Å². The Labute approximate surface area is 108 Å². The van der Waals surface area contributed by atoms with Gasteiger partial charge in [-0.1, -0.05) is 12.8 Å². The van der Waals surface area contributed by atoms with Crippen LogP contribution >= 0.6 is 0 Å². The Morgan fingerprint density at radius 2 is 1.12 bits per heavy atom. The molecule has 1 rings (SSSR count). The SMILES string of the molecule is C1C[N-]CCNCCC[N-]CCNC1.[O]=[V+2]. The van der Waals surface area contributed by atoms with E-state index < -0.39 is 0 Å². The molecule has 16 heavy (non-hydrogen) atoms. The molecule has 0 saturated carbocycles. The van der Waals surface area contributed by atoms with Crippen LogP contribution in [0.1, 0.15) is 12.8 Å². The van der Waals surface area contributed by atoms with Crippen LogP contribution in [0.2, 0.25) is 0 Å². The Kier molecular flexibility index (Phi) is 15.4. The fourth-order valence-electron chi connectivity index (χ4n) is 1.42. The molecule has 1 aliphatic rings. The van der Waals surface area contributed by atoms with Gasteiger partial charge in [-0.2, -0.15) is 0 Å². The number of hydrogen-bond acceptors (Lipinski definition) is 3. The van der Waals surface area contributed by atoms with Crippen molar-refractivity contribution in [1.29, 1.82) is 0 Å². The first-order valence-electron chi connectivity index (χ1n) is 5.86. The summed E-state index contributed by atoms with van der Waals surface area (Å²) in [7, 11) is 0. The first-order chi connectivity index (χ1) is 8.00. The van der Waals surface area contributed by atoms with E-state index in [0.29, 0.717) is 0 Å². The molecule has 6 heteroatoms. The maximum atomic E-state index is 8.19. The van der Waals surface area contributed by atoms with Crippen LogP contribution in [0.5, 0.6) is 0 Å². The first-order valence-corrected chi connectivity index (χ1v) is 6.43. The second-order valence-corrected chi connectivity index (χ2v) is 3.55. The number of hydrogen-bond donors (Lipinski definition) is 2. The third-order valence-electron chi connectivity index (χ3n) is 2.23. The van der Waals surface area contributed by atoms with Gasteiger partial charge in [-0.3, -0.25) is 0 Å². The van der Waals surface area contributed by atoms with Crippen LogP contribution in [-0.2, 0) is 21.0 Å². The first kappa shape index (κ1) is 16.2. The molecule has 0 bridgehead atoms. The molecular formula is C10H22N4OV. The predicted molar refractivity (Wildman–Crippen MR) is 61.8 cm³/mol. The second kappa shape index (κ2) is 15.2. The van der Waals surface area contributed by atoms with E-state index in [2.05, 4.69) is 21.3 Å². The van der Waals surface area contributed by atoms with Gasteiger partial charge in [0.15, 0.2) is 0 Å². The molecule has 2 N–H and O–H groups in total. The zero-order valence-electron chi connectivity index (χ0n) is 9.82. The maximum absolute atomic E-state index is 8.19. The summed E-state index contributed by atoms with van der Waals surface area (Å²) in [6.07, 6.45) is 2.31. The summed E-state index contributed by atoms with van der Waals surface area (Å²) < 4.78 is 8.19. The minimum absolute atomic E-state index is 0.955. The van der Waals surface area contributed by atoms with Gasteiger partial charge < -0.3 is 21.3 Å². The predicted octanol–water partition coefficient (Wildman–Crippen LogP) is 0.586. The summed E-state index contributed by atoms with van der Waals surface area (Å²) in [5.74, 6) is 0. The van der Waals surface area contributed by atoms with Crippen LogP contribution in [0.3, 0.4) is 0 Å². The molecular weight excluding hydrogens is 243 g/mol. The molecule has 0 unspecified atom stereocenters. The molecule has 93 valence electrons. The standard InChI is InChI=1S/C10H22N4.O.V/c1-3-11-7-9-13-5-2-6-14-10-8-12-4-1;;/h11,14H,1-10H2;;/q-2;;+2. The Morgan fingerprint density at radius 3 is 1.56 bits per heavy atom. The molecule has 1 aliphatic heterocycles. The van der Waals surface area contributed by atoms with Crippen molar-refractivity contribution < 1.29 is 21.0 Å². The number of nitrogens with one attached hydrogen (secondary N) is 2. The van der Waals surface area contributed by atoms with Crippen LogP contribution in [-0.4, -0.2) is 52.4 Å². The summed E-state index contributed by atoms with van der Waals surface area (Å²) >= 11 is 1.06. The van der Waals surface area contributed by atoms with Gasteiger partial charge in [-0.25, -0.2) is 0 Å². The Hall–Kier alpha value is 0.224. The molecule has 1 fully saturated rings. The van der Waals surface area contributed by atoms with E-state index in [0.717, 1.165) is 82.6 Å². The van der Waals surface area contributed by atoms with Crippen molar-refractivity contribution in [3.8, 4) is 0 Å². The molecule has 0 atom stereocenters. The summed E-state index contributed by atoms with van der Waals surface area (Å²) in [4.78, 5) is 0. The molecule has 1 heterocycles. The van der Waals surface area contributed by atoms with Crippen molar-refractivity contribution in [2.45, 2.75) is 12.8 Å². The van der Waals surface area contributed by atoms with E-state index in [4.69, 9.17) is 3.67 Å². The van der Waals surface area contributed by atoms with Crippen molar-refractivity contribution in [3.05, 3.63) is 10.6 Å². The topological polar surface area (TPSA) is 69.3 Å². The van der Waals surface area contributed by atoms with E-state index in [1.54, 1.807) is 0 Å². The van der Waals surface area contributed by atoms with Gasteiger partial charge in [0, 0.05) is 0 Å². The third kappa shape index (κ3) is 12.3. The van der Waals surface area contributed by atoms with Crippen LogP contribution in [0.25, 0.3) is 10.6 Å². The third-order valence-corrected chi connectivity index (χ3v) is 2.23. The van der Waals surface area contributed by atoms with Crippen molar-refractivity contribution in [2.24, 2.45) is 0 Å². The average Bonchev–Trinajstić information content (AvgIpc) is 2.35. The Bertz CT molecular complexity index is 86.7. The van der Waals surface area contributed by atoms with Crippen LogP contribution in [0, 0.1) is 0 Å². The van der Waals surface area contributed by atoms with Gasteiger partial charge in [-0.05, 0) is 26.2 Å². The van der Waals surface area contributed by atoms with Crippen LogP contribution in [0.15, 0.2) is 0 Å². The summed E-state index contributed by atoms with van der Waals surface area (Å²) in [6, 6.07) is 0. The van der Waals surface area contributed by atoms with Gasteiger partial charge in [0.1, 0.15) is 0 Å². The summed E-state index contributed by atoms with van der Waals surface area (Å²) in [5, 5.41) is 15.6. The number of rotatable bonds is 0. The van der Waals surface area contributed by atoms with Crippen molar-refractivity contribution in [1.82, 2.24) is 10.6 Å². The van der Waals surface area contributed by atoms with Gasteiger partial charge in [0.05, 0.1) is 0 Å². The van der Waals surface area contributed by atoms with Crippen molar-refractivity contribution in [2.75, 3.05) is 52.4 Å². The molecule has 0 aromatic heterocycles. The Morgan fingerprint density at radius 1 is 0.688 bits per heavy atom. The minimum atomic E-state index is 0.955. The van der Waals surface area contributed by atoms with Gasteiger partial charge in [0.25, 0.3) is 0 Å². The zero-order valence-corrected chi connectivity index (χ0v) is 11.2. The van der Waals surface area contributed by atoms with Crippen molar-refractivity contribution >= 4 is 0 Å². The van der Waals surface area contributed by atoms with Crippen LogP contribution < -0.4 is 10.6 Å². The normalized spacial score (nSPS) is 21.4. The van der Waals surface area contributed by atoms with Gasteiger partial charge in [0.2, 0.25) is 0 Å². The van der Waals surface area contributed by atoms with E-state index >= 15 is 0 Å².